The van der Waals surface area contributed by atoms with Gasteiger partial charge in [0.25, 0.3) is 0 Å². The molecule has 0 aliphatic carbocycles. The van der Waals surface area contributed by atoms with Gasteiger partial charge < -0.3 is 4.57 Å². The fourth-order valence-electron chi connectivity index (χ4n) is 3.79. The minimum absolute atomic E-state index is 0.768. The van der Waals surface area contributed by atoms with Gasteiger partial charge in [0.1, 0.15) is 0 Å². The zero-order chi connectivity index (χ0) is 19.6. The smallest absolute Gasteiger partial charge is 0.0945 e. The molecule has 2 aromatic carbocycles. The predicted octanol–water partition coefficient (Wildman–Crippen LogP) is 6.90. The van der Waals surface area contributed by atoms with Crippen LogP contribution in [0.1, 0.15) is 48.8 Å². The quantitative estimate of drug-likeness (QED) is 0.346. The summed E-state index contributed by atoms with van der Waals surface area (Å²) in [4.78, 5) is 4.14. The molecule has 1 unspecified atom stereocenters. The van der Waals surface area contributed by atoms with Crippen molar-refractivity contribution in [3.63, 3.8) is 0 Å². The Balaban J connectivity index is 1.48. The summed E-state index contributed by atoms with van der Waals surface area (Å²) in [7, 11) is 0. The minimum atomic E-state index is 0.768. The average molecular weight is 395 g/mol. The number of aryl methyl sites for hydroxylation is 4. The van der Waals surface area contributed by atoms with Gasteiger partial charge in [-0.2, -0.15) is 0 Å². The highest BCUT2D eigenvalue weighted by atomic mass is 35.5. The molecule has 0 aliphatic heterocycles. The van der Waals surface area contributed by atoms with Crippen LogP contribution in [0.25, 0.3) is 0 Å². The highest BCUT2D eigenvalue weighted by Gasteiger charge is 2.10. The van der Waals surface area contributed by atoms with E-state index in [0.29, 0.717) is 0 Å². The van der Waals surface area contributed by atoms with E-state index in [4.69, 9.17) is 11.6 Å². The molecule has 0 amide bonds. The van der Waals surface area contributed by atoms with Crippen LogP contribution in [-0.2, 0) is 19.4 Å². The van der Waals surface area contributed by atoms with Crippen LogP contribution in [0, 0.1) is 12.8 Å². The summed E-state index contributed by atoms with van der Waals surface area (Å²) in [5.41, 5.74) is 4.19. The van der Waals surface area contributed by atoms with Gasteiger partial charge in [0.2, 0.25) is 0 Å². The third kappa shape index (κ3) is 7.16. The number of nitrogens with zero attached hydrogens (tertiary/aromatic N) is 2. The molecule has 0 radical (unpaired) electrons. The summed E-state index contributed by atoms with van der Waals surface area (Å²) in [5.74, 6) is 0.768. The van der Waals surface area contributed by atoms with E-state index in [2.05, 4.69) is 59.1 Å². The molecule has 1 aromatic heterocycles. The summed E-state index contributed by atoms with van der Waals surface area (Å²) >= 11 is 6.02. The molecule has 3 heteroatoms. The SMILES string of the molecule is Cc1ccc(CCCC(CCCn2ccnc2)CCc2ccc(Cl)cc2)cc1. The molecule has 28 heavy (non-hydrogen) atoms. The Morgan fingerprint density at radius 3 is 2.25 bits per heavy atom. The van der Waals surface area contributed by atoms with Crippen molar-refractivity contribution in [1.29, 1.82) is 0 Å². The van der Waals surface area contributed by atoms with Crippen molar-refractivity contribution in [1.82, 2.24) is 9.55 Å². The summed E-state index contributed by atoms with van der Waals surface area (Å²) in [6.45, 7) is 3.21. The van der Waals surface area contributed by atoms with Crippen LogP contribution in [0.15, 0.2) is 67.3 Å². The first-order valence-electron chi connectivity index (χ1n) is 10.4. The number of halogens is 1. The Bertz CT molecular complexity index is 792. The van der Waals surface area contributed by atoms with Crippen LogP contribution in [0.2, 0.25) is 5.02 Å². The van der Waals surface area contributed by atoms with E-state index in [1.54, 1.807) is 0 Å². The van der Waals surface area contributed by atoms with E-state index in [0.717, 1.165) is 23.9 Å². The second kappa shape index (κ2) is 11.1. The Morgan fingerprint density at radius 1 is 0.857 bits per heavy atom. The first kappa shape index (κ1) is 20.7. The lowest BCUT2D eigenvalue weighted by molar-refractivity contribution is 0.386. The number of rotatable bonds is 11. The van der Waals surface area contributed by atoms with Crippen molar-refractivity contribution in [2.24, 2.45) is 5.92 Å². The molecular weight excluding hydrogens is 364 g/mol. The standard InChI is InChI=1S/C25H31ClN2/c1-21-7-9-23(10-8-21)5-2-4-22(6-3-18-28-19-17-27-20-28)11-12-24-13-15-25(26)16-14-24/h7-10,13-17,19-20,22H,2-6,11-12,18H2,1H3. The predicted molar refractivity (Wildman–Crippen MR) is 119 cm³/mol. The van der Waals surface area contributed by atoms with Crippen molar-refractivity contribution in [2.75, 3.05) is 0 Å². The second-order valence-electron chi connectivity index (χ2n) is 7.85. The molecule has 1 atom stereocenters. The molecule has 0 saturated heterocycles. The monoisotopic (exact) mass is 394 g/mol. The molecule has 0 aliphatic rings. The normalized spacial score (nSPS) is 12.2. The Morgan fingerprint density at radius 2 is 1.54 bits per heavy atom. The fraction of sp³-hybridized carbons (Fsp3) is 0.400. The Hall–Kier alpha value is -2.06. The van der Waals surface area contributed by atoms with Crippen molar-refractivity contribution in [3.8, 4) is 0 Å². The maximum atomic E-state index is 6.02. The summed E-state index contributed by atoms with van der Waals surface area (Å²) in [6, 6.07) is 17.3. The molecule has 0 fully saturated rings. The van der Waals surface area contributed by atoms with Gasteiger partial charge >= 0.3 is 0 Å². The first-order valence-corrected chi connectivity index (χ1v) is 10.8. The fourth-order valence-corrected chi connectivity index (χ4v) is 3.91. The molecule has 3 aromatic rings. The minimum Gasteiger partial charge on any atom is -0.337 e. The van der Waals surface area contributed by atoms with Gasteiger partial charge in [0.15, 0.2) is 0 Å². The van der Waals surface area contributed by atoms with Crippen molar-refractivity contribution < 1.29 is 0 Å². The molecule has 0 N–H and O–H groups in total. The topological polar surface area (TPSA) is 17.8 Å². The molecule has 148 valence electrons. The van der Waals surface area contributed by atoms with Crippen LogP contribution >= 0.6 is 11.6 Å². The van der Waals surface area contributed by atoms with Gasteiger partial charge in [-0.1, -0.05) is 60.0 Å². The van der Waals surface area contributed by atoms with E-state index < -0.39 is 0 Å². The van der Waals surface area contributed by atoms with Gasteiger partial charge in [0, 0.05) is 24.0 Å². The van der Waals surface area contributed by atoms with Gasteiger partial charge in [-0.3, -0.25) is 0 Å². The van der Waals surface area contributed by atoms with Gasteiger partial charge in [-0.15, -0.1) is 0 Å². The highest BCUT2D eigenvalue weighted by Crippen LogP contribution is 2.23. The molecule has 0 saturated carbocycles. The lowest BCUT2D eigenvalue weighted by Crippen LogP contribution is -2.06. The zero-order valence-electron chi connectivity index (χ0n) is 16.9. The molecule has 2 nitrogen and oxygen atoms in total. The maximum absolute atomic E-state index is 6.02. The van der Waals surface area contributed by atoms with E-state index in [1.165, 1.54) is 55.2 Å². The van der Waals surface area contributed by atoms with Crippen molar-refractivity contribution in [3.05, 3.63) is 89.0 Å². The highest BCUT2D eigenvalue weighted by molar-refractivity contribution is 6.30. The van der Waals surface area contributed by atoms with E-state index in [1.807, 2.05) is 24.7 Å². The number of aromatic nitrogens is 2. The lowest BCUT2D eigenvalue weighted by Gasteiger charge is -2.17. The largest absolute Gasteiger partial charge is 0.337 e. The molecule has 3 rings (SSSR count). The van der Waals surface area contributed by atoms with E-state index >= 15 is 0 Å². The number of hydrogen-bond acceptors (Lipinski definition) is 1. The molecule has 0 bridgehead atoms. The van der Waals surface area contributed by atoms with Crippen molar-refractivity contribution in [2.45, 2.75) is 58.4 Å². The molecular formula is C25H31ClN2. The van der Waals surface area contributed by atoms with Gasteiger partial charge in [0.05, 0.1) is 6.33 Å². The maximum Gasteiger partial charge on any atom is 0.0945 e. The Labute approximate surface area is 174 Å². The number of hydrogen-bond donors (Lipinski definition) is 0. The van der Waals surface area contributed by atoms with Crippen LogP contribution in [0.5, 0.6) is 0 Å². The van der Waals surface area contributed by atoms with Gasteiger partial charge in [-0.25, -0.2) is 4.98 Å². The second-order valence-corrected chi connectivity index (χ2v) is 8.29. The zero-order valence-corrected chi connectivity index (χ0v) is 17.6. The summed E-state index contributed by atoms with van der Waals surface area (Å²) < 4.78 is 2.18. The molecule has 0 spiro atoms. The van der Waals surface area contributed by atoms with Crippen LogP contribution in [0.3, 0.4) is 0 Å². The van der Waals surface area contributed by atoms with Crippen LogP contribution in [0.4, 0.5) is 0 Å². The van der Waals surface area contributed by atoms with Crippen LogP contribution < -0.4 is 0 Å². The van der Waals surface area contributed by atoms with Crippen LogP contribution in [-0.4, -0.2) is 9.55 Å². The number of benzene rings is 2. The third-order valence-corrected chi connectivity index (χ3v) is 5.79. The summed E-state index contributed by atoms with van der Waals surface area (Å²) in [5, 5.41) is 0.818. The van der Waals surface area contributed by atoms with E-state index in [-0.39, 0.29) is 0 Å². The summed E-state index contributed by atoms with van der Waals surface area (Å²) in [6.07, 6.45) is 14.5. The molecule has 1 heterocycles. The van der Waals surface area contributed by atoms with Gasteiger partial charge in [-0.05, 0) is 74.6 Å². The van der Waals surface area contributed by atoms with E-state index in [9.17, 15) is 0 Å². The number of imidazole rings is 1. The van der Waals surface area contributed by atoms with Crippen molar-refractivity contribution >= 4 is 11.6 Å². The Kier molecular flexibility index (Phi) is 8.17. The average Bonchev–Trinajstić information content (AvgIpc) is 3.22. The third-order valence-electron chi connectivity index (χ3n) is 5.54. The first-order chi connectivity index (χ1) is 13.7. The lowest BCUT2D eigenvalue weighted by atomic mass is 9.89.